The summed E-state index contributed by atoms with van der Waals surface area (Å²) in [5, 5.41) is 0. The van der Waals surface area contributed by atoms with Crippen LogP contribution in [0.25, 0.3) is 0 Å². The van der Waals surface area contributed by atoms with E-state index in [2.05, 4.69) is 36.7 Å². The smallest absolute Gasteiger partial charge is 0.229 e. The molecule has 4 heteroatoms. The highest BCUT2D eigenvalue weighted by molar-refractivity contribution is 9.09. The van der Waals surface area contributed by atoms with Gasteiger partial charge in [0.05, 0.1) is 0 Å². The molecule has 0 spiro atoms. The van der Waals surface area contributed by atoms with E-state index in [1.807, 2.05) is 13.8 Å². The topological polar surface area (TPSA) is 37.4 Å². The molecule has 1 atom stereocenters. The van der Waals surface area contributed by atoms with Crippen molar-refractivity contribution >= 4 is 27.7 Å². The van der Waals surface area contributed by atoms with Crippen LogP contribution in [0.3, 0.4) is 0 Å². The Morgan fingerprint density at radius 3 is 2.00 bits per heavy atom. The van der Waals surface area contributed by atoms with Crippen LogP contribution in [0.4, 0.5) is 0 Å². The van der Waals surface area contributed by atoms with Crippen molar-refractivity contribution in [2.45, 2.75) is 52.3 Å². The molecule has 1 aliphatic rings. The Labute approximate surface area is 112 Å². The van der Waals surface area contributed by atoms with Crippen molar-refractivity contribution in [2.24, 2.45) is 10.8 Å². The van der Waals surface area contributed by atoms with E-state index in [0.29, 0.717) is 19.4 Å². The second-order valence-electron chi connectivity index (χ2n) is 6.75. The number of alkyl halides is 1. The molecule has 0 radical (unpaired) electrons. The van der Waals surface area contributed by atoms with Gasteiger partial charge >= 0.3 is 0 Å². The summed E-state index contributed by atoms with van der Waals surface area (Å²) in [4.78, 5) is 25.5. The molecule has 17 heavy (non-hydrogen) atoms. The fourth-order valence-electron chi connectivity index (χ4n) is 1.85. The number of hydrogen-bond donors (Lipinski definition) is 0. The average Bonchev–Trinajstić information content (AvgIpc) is 2.07. The minimum absolute atomic E-state index is 0.0352. The SMILES string of the molecule is CC1(C)CC(=O)N(CC(Br)C(C)(C)C)C(=O)C1. The Bertz CT molecular complexity index is 311. The number of halogens is 1. The molecule has 0 aromatic rings. The summed E-state index contributed by atoms with van der Waals surface area (Å²) in [6.45, 7) is 10.7. The van der Waals surface area contributed by atoms with E-state index < -0.39 is 0 Å². The fraction of sp³-hybridized carbons (Fsp3) is 0.846. The van der Waals surface area contributed by atoms with Crippen LogP contribution in [0.1, 0.15) is 47.5 Å². The predicted octanol–water partition coefficient (Wildman–Crippen LogP) is 2.97. The Kier molecular flexibility index (Phi) is 4.07. The quantitative estimate of drug-likeness (QED) is 0.581. The molecule has 1 unspecified atom stereocenters. The van der Waals surface area contributed by atoms with E-state index in [1.54, 1.807) is 0 Å². The van der Waals surface area contributed by atoms with Gasteiger partial charge in [0.2, 0.25) is 11.8 Å². The Morgan fingerprint density at radius 1 is 1.24 bits per heavy atom. The minimum atomic E-state index is -0.186. The van der Waals surface area contributed by atoms with Gasteiger partial charge in [-0.3, -0.25) is 14.5 Å². The molecule has 0 aliphatic carbocycles. The second kappa shape index (κ2) is 4.71. The lowest BCUT2D eigenvalue weighted by atomic mass is 9.81. The third-order valence-corrected chi connectivity index (χ3v) is 4.81. The molecule has 0 aromatic carbocycles. The lowest BCUT2D eigenvalue weighted by molar-refractivity contribution is -0.152. The monoisotopic (exact) mass is 303 g/mol. The predicted molar refractivity (Wildman–Crippen MR) is 71.9 cm³/mol. The van der Waals surface area contributed by atoms with Gasteiger partial charge in [-0.15, -0.1) is 0 Å². The molecule has 1 saturated heterocycles. The summed E-state index contributed by atoms with van der Waals surface area (Å²) >= 11 is 3.57. The van der Waals surface area contributed by atoms with Gasteiger partial charge in [0, 0.05) is 24.2 Å². The van der Waals surface area contributed by atoms with Gasteiger partial charge < -0.3 is 0 Å². The summed E-state index contributed by atoms with van der Waals surface area (Å²) < 4.78 is 0. The minimum Gasteiger partial charge on any atom is -0.281 e. The van der Waals surface area contributed by atoms with E-state index in [1.165, 1.54) is 4.90 Å². The molecular weight excluding hydrogens is 282 g/mol. The third-order valence-electron chi connectivity index (χ3n) is 3.14. The van der Waals surface area contributed by atoms with Crippen LogP contribution in [0.5, 0.6) is 0 Å². The highest BCUT2D eigenvalue weighted by Crippen LogP contribution is 2.33. The summed E-state index contributed by atoms with van der Waals surface area (Å²) in [5.41, 5.74) is -0.151. The number of amides is 2. The van der Waals surface area contributed by atoms with Crippen molar-refractivity contribution in [3.63, 3.8) is 0 Å². The number of rotatable bonds is 2. The number of nitrogens with zero attached hydrogens (tertiary/aromatic N) is 1. The number of piperidine rings is 1. The lowest BCUT2D eigenvalue weighted by Gasteiger charge is -2.37. The Balaban J connectivity index is 2.73. The van der Waals surface area contributed by atoms with Gasteiger partial charge in [0.25, 0.3) is 0 Å². The number of carbonyl (C=O) groups is 2. The number of imide groups is 1. The summed E-state index contributed by atoms with van der Waals surface area (Å²) in [6.07, 6.45) is 0.922. The van der Waals surface area contributed by atoms with Gasteiger partial charge in [0.1, 0.15) is 0 Å². The van der Waals surface area contributed by atoms with Crippen molar-refractivity contribution in [3.05, 3.63) is 0 Å². The van der Waals surface area contributed by atoms with Crippen molar-refractivity contribution in [1.82, 2.24) is 4.90 Å². The largest absolute Gasteiger partial charge is 0.281 e. The van der Waals surface area contributed by atoms with Crippen LogP contribution in [-0.2, 0) is 9.59 Å². The highest BCUT2D eigenvalue weighted by Gasteiger charge is 2.39. The molecule has 98 valence electrons. The van der Waals surface area contributed by atoms with Gasteiger partial charge in [-0.1, -0.05) is 50.5 Å². The van der Waals surface area contributed by atoms with Gasteiger partial charge in [-0.05, 0) is 10.8 Å². The van der Waals surface area contributed by atoms with Crippen molar-refractivity contribution in [2.75, 3.05) is 6.54 Å². The van der Waals surface area contributed by atoms with E-state index in [4.69, 9.17) is 0 Å². The molecular formula is C13H22BrNO2. The van der Waals surface area contributed by atoms with Crippen LogP contribution in [-0.4, -0.2) is 28.1 Å². The van der Waals surface area contributed by atoms with E-state index in [9.17, 15) is 9.59 Å². The lowest BCUT2D eigenvalue weighted by Crippen LogP contribution is -2.49. The van der Waals surface area contributed by atoms with E-state index >= 15 is 0 Å². The first-order valence-electron chi connectivity index (χ1n) is 6.00. The zero-order chi connectivity index (χ0) is 13.4. The van der Waals surface area contributed by atoms with Crippen LogP contribution in [0.15, 0.2) is 0 Å². The normalized spacial score (nSPS) is 22.8. The molecule has 1 fully saturated rings. The first kappa shape index (κ1) is 14.7. The number of hydrogen-bond acceptors (Lipinski definition) is 2. The van der Waals surface area contributed by atoms with Crippen LogP contribution < -0.4 is 0 Å². The van der Waals surface area contributed by atoms with Gasteiger partial charge in [-0.2, -0.15) is 0 Å². The summed E-state index contributed by atoms with van der Waals surface area (Å²) in [6, 6.07) is 0. The second-order valence-corrected chi connectivity index (χ2v) is 7.85. The first-order chi connectivity index (χ1) is 7.53. The standard InChI is InChI=1S/C13H22BrNO2/c1-12(2,3)9(14)8-15-10(16)6-13(4,5)7-11(15)17/h9H,6-8H2,1-5H3. The molecule has 1 rings (SSSR count). The van der Waals surface area contributed by atoms with Gasteiger partial charge in [-0.25, -0.2) is 0 Å². The van der Waals surface area contributed by atoms with Crippen LogP contribution in [0, 0.1) is 10.8 Å². The Morgan fingerprint density at radius 2 is 1.65 bits per heavy atom. The van der Waals surface area contributed by atoms with Crippen molar-refractivity contribution in [3.8, 4) is 0 Å². The molecule has 0 aromatic heterocycles. The van der Waals surface area contributed by atoms with Crippen LogP contribution in [0.2, 0.25) is 0 Å². The third kappa shape index (κ3) is 3.80. The molecule has 0 N–H and O–H groups in total. The zero-order valence-corrected chi connectivity index (χ0v) is 12.9. The highest BCUT2D eigenvalue weighted by atomic mass is 79.9. The molecule has 0 bridgehead atoms. The molecule has 3 nitrogen and oxygen atoms in total. The number of carbonyl (C=O) groups excluding carboxylic acids is 2. The van der Waals surface area contributed by atoms with Gasteiger partial charge in [0.15, 0.2) is 0 Å². The molecule has 0 saturated carbocycles. The summed E-state index contributed by atoms with van der Waals surface area (Å²) in [5.74, 6) is -0.0834. The van der Waals surface area contributed by atoms with E-state index in [0.717, 1.165) is 0 Å². The molecule has 1 heterocycles. The van der Waals surface area contributed by atoms with Crippen LogP contribution >= 0.6 is 15.9 Å². The maximum atomic E-state index is 12.0. The fourth-order valence-corrected chi connectivity index (χ4v) is 2.14. The number of likely N-dealkylation sites (tertiary alicyclic amines) is 1. The van der Waals surface area contributed by atoms with Crippen molar-refractivity contribution in [1.29, 1.82) is 0 Å². The average molecular weight is 304 g/mol. The zero-order valence-electron chi connectivity index (χ0n) is 11.3. The van der Waals surface area contributed by atoms with Crippen molar-refractivity contribution < 1.29 is 9.59 Å². The Hall–Kier alpha value is -0.380. The molecule has 2 amide bonds. The maximum absolute atomic E-state index is 12.0. The summed E-state index contributed by atoms with van der Waals surface area (Å²) in [7, 11) is 0. The first-order valence-corrected chi connectivity index (χ1v) is 6.92. The maximum Gasteiger partial charge on any atom is 0.229 e. The molecule has 1 aliphatic heterocycles. The van der Waals surface area contributed by atoms with E-state index in [-0.39, 0.29) is 27.5 Å².